The van der Waals surface area contributed by atoms with Gasteiger partial charge in [0.05, 0.1) is 47.6 Å². The van der Waals surface area contributed by atoms with Crippen LogP contribution in [0, 0.1) is 11.3 Å². The largest absolute Gasteiger partial charge is 0.448 e. The molecule has 0 radical (unpaired) electrons. The summed E-state index contributed by atoms with van der Waals surface area (Å²) in [5.74, 6) is 1.69. The van der Waals surface area contributed by atoms with Crippen LogP contribution in [0.1, 0.15) is 43.0 Å². The summed E-state index contributed by atoms with van der Waals surface area (Å²) < 4.78 is 13.6. The van der Waals surface area contributed by atoms with E-state index in [9.17, 15) is 5.26 Å². The number of aromatic nitrogens is 4. The average Bonchev–Trinajstić information content (AvgIpc) is 3.35. The van der Waals surface area contributed by atoms with Crippen LogP contribution in [-0.2, 0) is 11.2 Å². The van der Waals surface area contributed by atoms with Gasteiger partial charge in [-0.2, -0.15) is 5.26 Å². The number of pyridine rings is 1. The molecule has 1 aromatic carbocycles. The number of ether oxygens (including phenoxy) is 1. The molecule has 0 amide bonds. The molecular formula is C21H19N5O2. The predicted molar refractivity (Wildman–Crippen MR) is 103 cm³/mol. The Kier molecular flexibility index (Phi) is 4.06. The third-order valence-corrected chi connectivity index (χ3v) is 5.36. The van der Waals surface area contributed by atoms with Crippen LogP contribution in [0.4, 0.5) is 0 Å². The number of benzene rings is 1. The Hall–Kier alpha value is -3.24. The molecule has 1 aliphatic heterocycles. The highest BCUT2D eigenvalue weighted by Crippen LogP contribution is 2.34. The first-order valence-electron chi connectivity index (χ1n) is 9.41. The maximum absolute atomic E-state index is 9.37. The molecule has 1 fully saturated rings. The molecule has 1 saturated heterocycles. The molecule has 7 nitrogen and oxygen atoms in total. The van der Waals surface area contributed by atoms with Crippen LogP contribution >= 0.6 is 0 Å². The minimum Gasteiger partial charge on any atom is -0.448 e. The van der Waals surface area contributed by atoms with Crippen LogP contribution in [0.2, 0.25) is 0 Å². The first-order valence-corrected chi connectivity index (χ1v) is 9.41. The molecule has 4 heterocycles. The van der Waals surface area contributed by atoms with Crippen LogP contribution < -0.4 is 0 Å². The first kappa shape index (κ1) is 16.9. The van der Waals surface area contributed by atoms with E-state index in [4.69, 9.17) is 14.1 Å². The minimum atomic E-state index is 0.192. The van der Waals surface area contributed by atoms with Crippen molar-refractivity contribution in [3.8, 4) is 6.07 Å². The molecule has 28 heavy (non-hydrogen) atoms. The number of hydrogen-bond donors (Lipinski definition) is 0. The Bertz CT molecular complexity index is 1190. The SMILES string of the molecule is C[C@@H]1C[C@H](n2c(Cc3cnco3)nc3cnc4ccc(C#N)cc4c32)CCO1. The van der Waals surface area contributed by atoms with Gasteiger partial charge in [0, 0.05) is 18.0 Å². The van der Waals surface area contributed by atoms with E-state index in [0.717, 1.165) is 53.0 Å². The average molecular weight is 373 g/mol. The fourth-order valence-corrected chi connectivity index (χ4v) is 4.11. The summed E-state index contributed by atoms with van der Waals surface area (Å²) in [6, 6.07) is 8.10. The van der Waals surface area contributed by atoms with Gasteiger partial charge in [-0.25, -0.2) is 9.97 Å². The minimum absolute atomic E-state index is 0.192. The number of rotatable bonds is 3. The molecular weight excluding hydrogens is 354 g/mol. The Morgan fingerprint density at radius 2 is 2.21 bits per heavy atom. The lowest BCUT2D eigenvalue weighted by atomic mass is 10.0. The van der Waals surface area contributed by atoms with Crippen molar-refractivity contribution in [2.45, 2.75) is 38.3 Å². The topological polar surface area (TPSA) is 89.8 Å². The van der Waals surface area contributed by atoms with Gasteiger partial charge in [-0.3, -0.25) is 4.98 Å². The second-order valence-electron chi connectivity index (χ2n) is 7.24. The molecule has 0 saturated carbocycles. The number of nitrogens with zero attached hydrogens (tertiary/aromatic N) is 5. The smallest absolute Gasteiger partial charge is 0.180 e. The highest BCUT2D eigenvalue weighted by molar-refractivity contribution is 6.02. The Morgan fingerprint density at radius 1 is 1.29 bits per heavy atom. The molecule has 0 unspecified atom stereocenters. The van der Waals surface area contributed by atoms with Crippen molar-refractivity contribution in [2.75, 3.05) is 6.61 Å². The molecule has 0 bridgehead atoms. The molecule has 140 valence electrons. The van der Waals surface area contributed by atoms with E-state index in [-0.39, 0.29) is 12.1 Å². The lowest BCUT2D eigenvalue weighted by Crippen LogP contribution is -2.26. The zero-order chi connectivity index (χ0) is 19.1. The second-order valence-corrected chi connectivity index (χ2v) is 7.24. The van der Waals surface area contributed by atoms with Crippen molar-refractivity contribution >= 4 is 21.9 Å². The van der Waals surface area contributed by atoms with E-state index in [1.54, 1.807) is 12.3 Å². The van der Waals surface area contributed by atoms with Gasteiger partial charge in [0.15, 0.2) is 6.39 Å². The lowest BCUT2D eigenvalue weighted by molar-refractivity contribution is 0.00629. The fourth-order valence-electron chi connectivity index (χ4n) is 4.11. The van der Waals surface area contributed by atoms with Crippen molar-refractivity contribution in [1.82, 2.24) is 19.5 Å². The van der Waals surface area contributed by atoms with Crippen LogP contribution in [0.3, 0.4) is 0 Å². The third kappa shape index (κ3) is 2.83. The van der Waals surface area contributed by atoms with Gasteiger partial charge in [-0.1, -0.05) is 0 Å². The van der Waals surface area contributed by atoms with E-state index < -0.39 is 0 Å². The summed E-state index contributed by atoms with van der Waals surface area (Å²) in [6.45, 7) is 2.83. The summed E-state index contributed by atoms with van der Waals surface area (Å²) in [6.07, 6.45) is 7.55. The number of hydrogen-bond acceptors (Lipinski definition) is 6. The molecule has 4 aromatic rings. The number of fused-ring (bicyclic) bond motifs is 3. The monoisotopic (exact) mass is 373 g/mol. The van der Waals surface area contributed by atoms with E-state index >= 15 is 0 Å². The maximum Gasteiger partial charge on any atom is 0.180 e. The van der Waals surface area contributed by atoms with Gasteiger partial charge >= 0.3 is 0 Å². The normalized spacial score (nSPS) is 19.9. The summed E-state index contributed by atoms with van der Waals surface area (Å²) in [5.41, 5.74) is 3.33. The Labute approximate surface area is 161 Å². The predicted octanol–water partition coefficient (Wildman–Crippen LogP) is 3.77. The van der Waals surface area contributed by atoms with Crippen molar-refractivity contribution in [1.29, 1.82) is 5.26 Å². The van der Waals surface area contributed by atoms with Gasteiger partial charge in [0.2, 0.25) is 0 Å². The zero-order valence-corrected chi connectivity index (χ0v) is 15.5. The Balaban J connectivity index is 1.77. The number of nitriles is 1. The van der Waals surface area contributed by atoms with Crippen molar-refractivity contribution in [2.24, 2.45) is 0 Å². The van der Waals surface area contributed by atoms with Gasteiger partial charge in [-0.05, 0) is 38.0 Å². The van der Waals surface area contributed by atoms with Crippen molar-refractivity contribution in [3.63, 3.8) is 0 Å². The van der Waals surface area contributed by atoms with E-state index in [1.807, 2.05) is 18.3 Å². The summed E-state index contributed by atoms with van der Waals surface area (Å²) in [4.78, 5) is 13.5. The number of imidazole rings is 1. The van der Waals surface area contributed by atoms with Crippen molar-refractivity contribution in [3.05, 3.63) is 54.1 Å². The molecule has 5 rings (SSSR count). The van der Waals surface area contributed by atoms with Gasteiger partial charge in [0.25, 0.3) is 0 Å². The van der Waals surface area contributed by atoms with Crippen molar-refractivity contribution < 1.29 is 9.15 Å². The number of oxazole rings is 1. The summed E-state index contributed by atoms with van der Waals surface area (Å²) >= 11 is 0. The van der Waals surface area contributed by atoms with Gasteiger partial charge in [-0.15, -0.1) is 0 Å². The second kappa shape index (κ2) is 6.73. The van der Waals surface area contributed by atoms with E-state index in [1.165, 1.54) is 6.39 Å². The van der Waals surface area contributed by atoms with Gasteiger partial charge < -0.3 is 13.7 Å². The highest BCUT2D eigenvalue weighted by atomic mass is 16.5. The van der Waals surface area contributed by atoms with E-state index in [2.05, 4.69) is 27.5 Å². The molecule has 0 aliphatic carbocycles. The molecule has 2 atom stereocenters. The first-order chi connectivity index (χ1) is 13.7. The van der Waals surface area contributed by atoms with Crippen LogP contribution in [-0.4, -0.2) is 32.2 Å². The quantitative estimate of drug-likeness (QED) is 0.543. The Morgan fingerprint density at radius 3 is 3.00 bits per heavy atom. The molecule has 0 N–H and O–H groups in total. The highest BCUT2D eigenvalue weighted by Gasteiger charge is 2.26. The van der Waals surface area contributed by atoms with Crippen LogP contribution in [0.15, 0.2) is 41.4 Å². The summed E-state index contributed by atoms with van der Waals surface area (Å²) in [7, 11) is 0. The molecule has 0 spiro atoms. The zero-order valence-electron chi connectivity index (χ0n) is 15.5. The molecule has 3 aromatic heterocycles. The maximum atomic E-state index is 9.37. The third-order valence-electron chi connectivity index (χ3n) is 5.36. The molecule has 7 heteroatoms. The lowest BCUT2D eigenvalue weighted by Gasteiger charge is -2.30. The fraction of sp³-hybridized carbons (Fsp3) is 0.333. The standard InChI is InChI=1S/C21H19N5O2/c1-13-6-15(4-5-27-13)26-20(8-16-10-23-12-28-16)25-19-11-24-18-3-2-14(9-22)7-17(18)21(19)26/h2-3,7,10-13,15H,4-6,8H2,1H3/t13-,15-/m1/s1. The van der Waals surface area contributed by atoms with Crippen LogP contribution in [0.5, 0.6) is 0 Å². The van der Waals surface area contributed by atoms with Crippen LogP contribution in [0.25, 0.3) is 21.9 Å². The van der Waals surface area contributed by atoms with Gasteiger partial charge in [0.1, 0.15) is 17.1 Å². The van der Waals surface area contributed by atoms with E-state index in [0.29, 0.717) is 12.0 Å². The molecule has 1 aliphatic rings. The summed E-state index contributed by atoms with van der Waals surface area (Å²) in [5, 5.41) is 10.3.